The molecule has 0 aliphatic heterocycles. The summed E-state index contributed by atoms with van der Waals surface area (Å²) in [6.45, 7) is 1.60. The average molecular weight is 156 g/mol. The molecule has 0 saturated heterocycles. The minimum absolute atomic E-state index is 0.138. The molecule has 3 heteroatoms. The number of hydrogen-bond acceptors (Lipinski definition) is 1. The molecule has 0 unspecified atom stereocenters. The maximum absolute atomic E-state index is 13.2. The fraction of sp³-hybridized carbons (Fsp3) is 0.875. The summed E-state index contributed by atoms with van der Waals surface area (Å²) in [5.41, 5.74) is -1.01. The van der Waals surface area contributed by atoms with Crippen molar-refractivity contribution in [2.45, 2.75) is 38.2 Å². The Morgan fingerprint density at radius 1 is 1.55 bits per heavy atom. The van der Waals surface area contributed by atoms with Crippen molar-refractivity contribution in [3.63, 3.8) is 0 Å². The molecule has 0 spiro atoms. The Hall–Kier alpha value is -0.335. The molecule has 0 radical (unpaired) electrons. The topological polar surface area (TPSA) is 17.1 Å². The van der Waals surface area contributed by atoms with Gasteiger partial charge in [0.15, 0.2) is 0 Å². The Morgan fingerprint density at radius 2 is 2.00 bits per heavy atom. The van der Waals surface area contributed by atoms with Crippen LogP contribution in [0.2, 0.25) is 0 Å². The van der Waals surface area contributed by atoms with E-state index in [1.54, 1.807) is 14.8 Å². The summed E-state index contributed by atoms with van der Waals surface area (Å²) < 4.78 is 13.2. The number of ketones is 1. The third-order valence-corrected chi connectivity index (χ3v) is 2.60. The quantitative estimate of drug-likeness (QED) is 0.519. The second-order valence-corrected chi connectivity index (χ2v) is 3.80. The Morgan fingerprint density at radius 3 is 2.36 bits per heavy atom. The van der Waals surface area contributed by atoms with Gasteiger partial charge in [-0.3, -0.25) is 9.18 Å². The van der Waals surface area contributed by atoms with Gasteiger partial charge in [-0.05, 0) is 32.6 Å². The predicted octanol–water partition coefficient (Wildman–Crippen LogP) is 1.06. The normalized spacial score (nSPS) is 38.5. The lowest BCUT2D eigenvalue weighted by Gasteiger charge is -2.29. The van der Waals surface area contributed by atoms with Crippen molar-refractivity contribution in [1.29, 1.82) is 0 Å². The molecular weight excluding hydrogens is 142 g/mol. The van der Waals surface area contributed by atoms with Crippen molar-refractivity contribution < 1.29 is 9.18 Å². The van der Waals surface area contributed by atoms with Gasteiger partial charge in [0.1, 0.15) is 13.6 Å². The highest BCUT2D eigenvalue weighted by Gasteiger charge is 2.31. The van der Waals surface area contributed by atoms with E-state index in [2.05, 4.69) is 0 Å². The molecule has 1 rings (SSSR count). The fourth-order valence-electron chi connectivity index (χ4n) is 1.63. The van der Waals surface area contributed by atoms with Crippen molar-refractivity contribution in [1.82, 2.24) is 0 Å². The largest absolute Gasteiger partial charge is 0.300 e. The molecule has 0 heterocycles. The van der Waals surface area contributed by atoms with Crippen LogP contribution in [-0.2, 0) is 4.79 Å². The lowest BCUT2D eigenvalue weighted by Crippen LogP contribution is -2.31. The molecule has 0 aromatic rings. The van der Waals surface area contributed by atoms with E-state index in [4.69, 9.17) is 0 Å². The zero-order valence-corrected chi connectivity index (χ0v) is 7.19. The lowest BCUT2D eigenvalue weighted by molar-refractivity contribution is -0.122. The molecule has 1 saturated carbocycles. The Kier molecular flexibility index (Phi) is 2.35. The van der Waals surface area contributed by atoms with Crippen LogP contribution in [-0.4, -0.2) is 19.2 Å². The molecule has 1 fully saturated rings. The highest BCUT2D eigenvalue weighted by atomic mass is 19.1. The summed E-state index contributed by atoms with van der Waals surface area (Å²) in [6, 6.07) is 0. The van der Waals surface area contributed by atoms with Crippen LogP contribution in [0.3, 0.4) is 0 Å². The van der Waals surface area contributed by atoms with E-state index >= 15 is 0 Å². The zero-order valence-electron chi connectivity index (χ0n) is 7.19. The number of Topliss-reactive ketones (excluding diaryl/α,β-unsaturated/α-hetero) is 1. The van der Waals surface area contributed by atoms with E-state index in [-0.39, 0.29) is 11.7 Å². The monoisotopic (exact) mass is 156 g/mol. The molecule has 1 nitrogen and oxygen atoms in total. The standard InChI is InChI=1S/C8H14BFO/c1-6(11)7-2-4-8(9,10)5-3-7/h7H,2-5,9H2,1H3. The van der Waals surface area contributed by atoms with E-state index < -0.39 is 5.57 Å². The first-order valence-corrected chi connectivity index (χ1v) is 4.21. The van der Waals surface area contributed by atoms with Crippen LogP contribution in [0.5, 0.6) is 0 Å². The second kappa shape index (κ2) is 2.96. The van der Waals surface area contributed by atoms with Gasteiger partial charge in [-0.1, -0.05) is 0 Å². The van der Waals surface area contributed by atoms with Crippen LogP contribution < -0.4 is 0 Å². The third kappa shape index (κ3) is 2.31. The maximum Gasteiger partial charge on any atom is 0.150 e. The first kappa shape index (κ1) is 8.76. The van der Waals surface area contributed by atoms with E-state index in [9.17, 15) is 9.18 Å². The molecule has 0 aromatic carbocycles. The molecule has 0 bridgehead atoms. The Bertz CT molecular complexity index is 157. The van der Waals surface area contributed by atoms with E-state index in [1.807, 2.05) is 0 Å². The van der Waals surface area contributed by atoms with Crippen LogP contribution in [0.25, 0.3) is 0 Å². The molecule has 0 atom stereocenters. The number of rotatable bonds is 1. The fourth-order valence-corrected chi connectivity index (χ4v) is 1.63. The van der Waals surface area contributed by atoms with Gasteiger partial charge in [0, 0.05) is 5.92 Å². The third-order valence-electron chi connectivity index (χ3n) is 2.60. The zero-order chi connectivity index (χ0) is 8.48. The summed E-state index contributed by atoms with van der Waals surface area (Å²) in [4.78, 5) is 10.9. The Balaban J connectivity index is 2.42. The summed E-state index contributed by atoms with van der Waals surface area (Å²) in [5, 5.41) is 0. The number of hydrogen-bond donors (Lipinski definition) is 0. The number of alkyl halides is 1. The van der Waals surface area contributed by atoms with Gasteiger partial charge in [0.05, 0.1) is 5.57 Å². The summed E-state index contributed by atoms with van der Waals surface area (Å²) in [5.74, 6) is 0.360. The van der Waals surface area contributed by atoms with Gasteiger partial charge in [-0.2, -0.15) is 0 Å². The predicted molar refractivity (Wildman–Crippen MR) is 45.0 cm³/mol. The highest BCUT2D eigenvalue weighted by Crippen LogP contribution is 2.32. The number of carbonyl (C=O) groups is 1. The molecule has 0 N–H and O–H groups in total. The SMILES string of the molecule is BC1(F)CCC(C(C)=O)CC1. The van der Waals surface area contributed by atoms with E-state index in [0.717, 1.165) is 12.8 Å². The van der Waals surface area contributed by atoms with Crippen molar-refractivity contribution in [2.24, 2.45) is 5.92 Å². The van der Waals surface area contributed by atoms with E-state index in [0.29, 0.717) is 12.8 Å². The molecular formula is C8H14BFO. The number of carbonyl (C=O) groups excluding carboxylic acids is 1. The van der Waals surface area contributed by atoms with Gasteiger partial charge in [0.2, 0.25) is 0 Å². The van der Waals surface area contributed by atoms with Crippen LogP contribution >= 0.6 is 0 Å². The van der Waals surface area contributed by atoms with Gasteiger partial charge in [-0.15, -0.1) is 0 Å². The molecule has 1 aliphatic rings. The number of halogens is 1. The van der Waals surface area contributed by atoms with Gasteiger partial charge in [-0.25, -0.2) is 0 Å². The van der Waals surface area contributed by atoms with Gasteiger partial charge < -0.3 is 0 Å². The lowest BCUT2D eigenvalue weighted by atomic mass is 9.68. The summed E-state index contributed by atoms with van der Waals surface area (Å²) >= 11 is 0. The minimum Gasteiger partial charge on any atom is -0.300 e. The summed E-state index contributed by atoms with van der Waals surface area (Å²) in [6.07, 6.45) is 2.58. The highest BCUT2D eigenvalue weighted by molar-refractivity contribution is 6.14. The van der Waals surface area contributed by atoms with Crippen LogP contribution in [0.15, 0.2) is 0 Å². The van der Waals surface area contributed by atoms with Crippen LogP contribution in [0, 0.1) is 5.92 Å². The van der Waals surface area contributed by atoms with Gasteiger partial charge >= 0.3 is 0 Å². The smallest absolute Gasteiger partial charge is 0.150 e. The first-order valence-electron chi connectivity index (χ1n) is 4.21. The molecule has 1 aliphatic carbocycles. The minimum atomic E-state index is -1.01. The van der Waals surface area contributed by atoms with Crippen LogP contribution in [0.4, 0.5) is 4.39 Å². The van der Waals surface area contributed by atoms with Crippen LogP contribution in [0.1, 0.15) is 32.6 Å². The first-order chi connectivity index (χ1) is 5.01. The van der Waals surface area contributed by atoms with Gasteiger partial charge in [0.25, 0.3) is 0 Å². The molecule has 0 aromatic heterocycles. The van der Waals surface area contributed by atoms with E-state index in [1.165, 1.54) is 0 Å². The molecule has 62 valence electrons. The Labute approximate surface area is 67.8 Å². The van der Waals surface area contributed by atoms with Crippen molar-refractivity contribution in [3.05, 3.63) is 0 Å². The molecule has 0 amide bonds. The van der Waals surface area contributed by atoms with Crippen molar-refractivity contribution >= 4 is 13.6 Å². The molecule has 11 heavy (non-hydrogen) atoms. The second-order valence-electron chi connectivity index (χ2n) is 3.80. The van der Waals surface area contributed by atoms with Crippen molar-refractivity contribution in [3.8, 4) is 0 Å². The maximum atomic E-state index is 13.2. The van der Waals surface area contributed by atoms with Crippen molar-refractivity contribution in [2.75, 3.05) is 0 Å². The average Bonchev–Trinajstić information content (AvgIpc) is 1.86. The summed E-state index contributed by atoms with van der Waals surface area (Å²) in [7, 11) is 1.63.